The lowest BCUT2D eigenvalue weighted by Gasteiger charge is -2.35. The molecule has 6 heteroatoms. The molecule has 2 aliphatic rings. The fourth-order valence-corrected chi connectivity index (χ4v) is 1.85. The fraction of sp³-hybridized carbons (Fsp3) is 1.00. The van der Waals surface area contributed by atoms with Crippen molar-refractivity contribution in [3.8, 4) is 0 Å². The van der Waals surface area contributed by atoms with Crippen molar-refractivity contribution in [2.45, 2.75) is 18.8 Å². The molecular weight excluding hydrogens is 209 g/mol. The van der Waals surface area contributed by atoms with Gasteiger partial charge in [-0.05, 0) is 6.92 Å². The van der Waals surface area contributed by atoms with E-state index in [9.17, 15) is 13.2 Å². The van der Waals surface area contributed by atoms with Crippen LogP contribution in [0.25, 0.3) is 0 Å². The molecule has 2 heterocycles. The van der Waals surface area contributed by atoms with E-state index in [4.69, 9.17) is 4.74 Å². The van der Waals surface area contributed by atoms with Crippen molar-refractivity contribution in [3.05, 3.63) is 0 Å². The number of rotatable bonds is 2. The Morgan fingerprint density at radius 3 is 2.13 bits per heavy atom. The second-order valence-corrected chi connectivity index (χ2v) is 4.47. The first-order chi connectivity index (χ1) is 6.89. The lowest BCUT2D eigenvalue weighted by molar-refractivity contribution is -0.252. The molecule has 1 unspecified atom stereocenters. The lowest BCUT2D eigenvalue weighted by atomic mass is 10.2. The van der Waals surface area contributed by atoms with Crippen LogP contribution in [0.4, 0.5) is 13.2 Å². The normalized spacial score (nSPS) is 34.4. The van der Waals surface area contributed by atoms with Gasteiger partial charge < -0.3 is 4.74 Å². The first kappa shape index (κ1) is 11.2. The summed E-state index contributed by atoms with van der Waals surface area (Å²) < 4.78 is 42.1. The van der Waals surface area contributed by atoms with Gasteiger partial charge in [0.15, 0.2) is 0 Å². The fourth-order valence-electron chi connectivity index (χ4n) is 1.85. The van der Waals surface area contributed by atoms with Gasteiger partial charge in [0, 0.05) is 32.7 Å². The van der Waals surface area contributed by atoms with Gasteiger partial charge in [-0.15, -0.1) is 0 Å². The zero-order chi connectivity index (χ0) is 11.1. The largest absolute Gasteiger partial charge is 0.460 e. The van der Waals surface area contributed by atoms with E-state index in [-0.39, 0.29) is 18.7 Å². The molecule has 0 spiro atoms. The van der Waals surface area contributed by atoms with Crippen LogP contribution in [-0.2, 0) is 4.74 Å². The Bertz CT molecular complexity index is 232. The lowest BCUT2D eigenvalue weighted by Crippen LogP contribution is -2.53. The Balaban J connectivity index is 1.77. The Morgan fingerprint density at radius 1 is 1.20 bits per heavy atom. The first-order valence-corrected chi connectivity index (χ1v) is 5.07. The summed E-state index contributed by atoms with van der Waals surface area (Å²) in [6.45, 7) is 4.55. The van der Waals surface area contributed by atoms with Gasteiger partial charge in [-0.3, -0.25) is 4.90 Å². The molecule has 2 saturated heterocycles. The molecule has 0 saturated carbocycles. The molecule has 0 radical (unpaired) electrons. The second-order valence-electron chi connectivity index (χ2n) is 4.47. The van der Waals surface area contributed by atoms with E-state index in [1.807, 2.05) is 11.8 Å². The Morgan fingerprint density at radius 2 is 1.73 bits per heavy atom. The SMILES string of the molecule is CC1(CN2CCN(C(F)(F)F)CC2)CO1. The van der Waals surface area contributed by atoms with E-state index in [0.717, 1.165) is 13.2 Å². The summed E-state index contributed by atoms with van der Waals surface area (Å²) >= 11 is 0. The number of piperazine rings is 1. The van der Waals surface area contributed by atoms with Crippen molar-refractivity contribution in [1.82, 2.24) is 9.80 Å². The van der Waals surface area contributed by atoms with Gasteiger partial charge in [0.2, 0.25) is 0 Å². The van der Waals surface area contributed by atoms with Crippen molar-refractivity contribution < 1.29 is 17.9 Å². The van der Waals surface area contributed by atoms with Gasteiger partial charge in [-0.1, -0.05) is 0 Å². The second kappa shape index (κ2) is 3.61. The number of alkyl halides is 3. The number of nitrogens with zero attached hydrogens (tertiary/aromatic N) is 2. The van der Waals surface area contributed by atoms with E-state index in [2.05, 4.69) is 0 Å². The van der Waals surface area contributed by atoms with Crippen LogP contribution in [0.2, 0.25) is 0 Å². The predicted molar refractivity (Wildman–Crippen MR) is 48.4 cm³/mol. The number of halogens is 3. The van der Waals surface area contributed by atoms with Crippen LogP contribution in [0.1, 0.15) is 6.92 Å². The summed E-state index contributed by atoms with van der Waals surface area (Å²) in [6.07, 6.45) is -4.17. The van der Waals surface area contributed by atoms with Crippen LogP contribution >= 0.6 is 0 Å². The molecule has 0 aromatic carbocycles. The third-order valence-electron chi connectivity index (χ3n) is 2.93. The quantitative estimate of drug-likeness (QED) is 0.513. The molecule has 1 atom stereocenters. The van der Waals surface area contributed by atoms with Crippen LogP contribution in [-0.4, -0.2) is 61.0 Å². The van der Waals surface area contributed by atoms with Gasteiger partial charge in [0.25, 0.3) is 0 Å². The molecule has 3 nitrogen and oxygen atoms in total. The van der Waals surface area contributed by atoms with Crippen LogP contribution in [0, 0.1) is 0 Å². The van der Waals surface area contributed by atoms with Crippen LogP contribution in [0.5, 0.6) is 0 Å². The van der Waals surface area contributed by atoms with Crippen molar-refractivity contribution in [1.29, 1.82) is 0 Å². The first-order valence-electron chi connectivity index (χ1n) is 5.07. The summed E-state index contributed by atoms with van der Waals surface area (Å²) in [7, 11) is 0. The van der Waals surface area contributed by atoms with Crippen molar-refractivity contribution >= 4 is 0 Å². The maximum absolute atomic E-state index is 12.3. The van der Waals surface area contributed by atoms with E-state index >= 15 is 0 Å². The summed E-state index contributed by atoms with van der Waals surface area (Å²) in [4.78, 5) is 2.61. The molecule has 0 N–H and O–H groups in total. The highest BCUT2D eigenvalue weighted by atomic mass is 19.4. The van der Waals surface area contributed by atoms with E-state index in [1.54, 1.807) is 0 Å². The minimum absolute atomic E-state index is 0.0690. The number of hydrogen-bond donors (Lipinski definition) is 0. The van der Waals surface area contributed by atoms with Gasteiger partial charge >= 0.3 is 6.30 Å². The molecule has 0 aromatic rings. The van der Waals surface area contributed by atoms with Crippen molar-refractivity contribution in [2.75, 3.05) is 39.3 Å². The van der Waals surface area contributed by atoms with Gasteiger partial charge in [-0.25, -0.2) is 4.90 Å². The molecule has 2 rings (SSSR count). The van der Waals surface area contributed by atoms with Crippen LogP contribution in [0.3, 0.4) is 0 Å². The van der Waals surface area contributed by atoms with Gasteiger partial charge in [0.1, 0.15) is 5.60 Å². The third-order valence-corrected chi connectivity index (χ3v) is 2.93. The molecular formula is C9H15F3N2O. The third kappa shape index (κ3) is 2.83. The maximum Gasteiger partial charge on any atom is 0.460 e. The molecule has 0 bridgehead atoms. The Labute approximate surface area is 86.8 Å². The number of hydrogen-bond acceptors (Lipinski definition) is 3. The molecule has 2 aliphatic heterocycles. The Kier molecular flexibility index (Phi) is 2.68. The summed E-state index contributed by atoms with van der Waals surface area (Å²) in [5.41, 5.74) is -0.0968. The standard InChI is InChI=1S/C9H15F3N2O/c1-8(7-15-8)6-13-2-4-14(5-3-13)9(10,11)12/h2-7H2,1H3. The minimum Gasteiger partial charge on any atom is -0.369 e. The highest BCUT2D eigenvalue weighted by Crippen LogP contribution is 2.28. The van der Waals surface area contributed by atoms with E-state index in [0.29, 0.717) is 18.0 Å². The smallest absolute Gasteiger partial charge is 0.369 e. The predicted octanol–water partition coefficient (Wildman–Crippen LogP) is 0.913. The van der Waals surface area contributed by atoms with Gasteiger partial charge in [-0.2, -0.15) is 13.2 Å². The summed E-state index contributed by atoms with van der Waals surface area (Å²) in [5.74, 6) is 0. The molecule has 0 aliphatic carbocycles. The van der Waals surface area contributed by atoms with E-state index < -0.39 is 6.30 Å². The van der Waals surface area contributed by atoms with Crippen LogP contribution < -0.4 is 0 Å². The van der Waals surface area contributed by atoms with E-state index in [1.165, 1.54) is 0 Å². The highest BCUT2D eigenvalue weighted by Gasteiger charge is 2.43. The number of ether oxygens (including phenoxy) is 1. The van der Waals surface area contributed by atoms with Crippen molar-refractivity contribution in [3.63, 3.8) is 0 Å². The summed E-state index contributed by atoms with van der Waals surface area (Å²) in [5, 5.41) is 0. The minimum atomic E-state index is -4.17. The zero-order valence-corrected chi connectivity index (χ0v) is 8.68. The average Bonchev–Trinajstić information content (AvgIpc) is 2.82. The van der Waals surface area contributed by atoms with Crippen molar-refractivity contribution in [2.24, 2.45) is 0 Å². The van der Waals surface area contributed by atoms with Gasteiger partial charge in [0.05, 0.1) is 6.61 Å². The maximum atomic E-state index is 12.3. The Hall–Kier alpha value is -0.330. The topological polar surface area (TPSA) is 19.0 Å². The molecule has 2 fully saturated rings. The summed E-state index contributed by atoms with van der Waals surface area (Å²) in [6, 6.07) is 0. The molecule has 0 aromatic heterocycles. The molecule has 0 amide bonds. The monoisotopic (exact) mass is 224 g/mol. The zero-order valence-electron chi connectivity index (χ0n) is 8.68. The molecule has 88 valence electrons. The highest BCUT2D eigenvalue weighted by molar-refractivity contribution is 4.91. The average molecular weight is 224 g/mol. The van der Waals surface area contributed by atoms with Crippen LogP contribution in [0.15, 0.2) is 0 Å². The number of epoxide rings is 1. The molecule has 15 heavy (non-hydrogen) atoms.